The van der Waals surface area contributed by atoms with E-state index in [9.17, 15) is 25.1 Å². The molecule has 0 aliphatic rings. The van der Waals surface area contributed by atoms with Crippen molar-refractivity contribution >= 4 is 22.4 Å². The van der Waals surface area contributed by atoms with E-state index >= 15 is 0 Å². The number of hydrogen-bond acceptors (Lipinski definition) is 5. The highest BCUT2D eigenvalue weighted by atomic mass is 16.6. The lowest BCUT2D eigenvalue weighted by molar-refractivity contribution is -0.774. The van der Waals surface area contributed by atoms with E-state index in [0.717, 1.165) is 0 Å². The smallest absolute Gasteiger partial charge is 0.459 e. The Bertz CT molecular complexity index is 1270. The normalized spacial score (nSPS) is 10.8. The van der Waals surface area contributed by atoms with Gasteiger partial charge in [-0.2, -0.15) is 0 Å². The Labute approximate surface area is 170 Å². The summed E-state index contributed by atoms with van der Waals surface area (Å²) >= 11 is 0. The number of benzene rings is 3. The lowest BCUT2D eigenvalue weighted by Crippen LogP contribution is -2.48. The molecular formula is C22H17N3O5+2. The highest BCUT2D eigenvalue weighted by molar-refractivity contribution is 5.95. The average molecular weight is 403 g/mol. The predicted molar refractivity (Wildman–Crippen MR) is 106 cm³/mol. The summed E-state index contributed by atoms with van der Waals surface area (Å²) in [7, 11) is 0. The van der Waals surface area contributed by atoms with E-state index < -0.39 is 4.92 Å². The lowest BCUT2D eigenvalue weighted by atomic mass is 10.1. The molecule has 1 heterocycles. The number of fused-ring (bicyclic) bond motifs is 1. The highest BCUT2D eigenvalue weighted by Crippen LogP contribution is 2.23. The molecule has 0 atom stereocenters. The Morgan fingerprint density at radius 2 is 1.53 bits per heavy atom. The van der Waals surface area contributed by atoms with Crippen molar-refractivity contribution in [3.05, 3.63) is 94.5 Å². The fraction of sp³-hybridized carbons (Fsp3) is 0.0455. The summed E-state index contributed by atoms with van der Waals surface area (Å²) < 4.78 is 2.65. The van der Waals surface area contributed by atoms with Gasteiger partial charge in [0.05, 0.1) is 4.92 Å². The van der Waals surface area contributed by atoms with Crippen LogP contribution in [0.4, 0.5) is 5.69 Å². The standard InChI is InChI=1S/C22H15N3O5/c26-20(15-10-12-17(13-11-15)25(29)30)14-23-19-9-5-4-8-18(19)21(27)24(22(23)28)16-6-2-1-3-7-16/h1-13H,14H2/p+2. The van der Waals surface area contributed by atoms with Crippen LogP contribution in [-0.4, -0.2) is 20.9 Å². The first kappa shape index (κ1) is 19.0. The summed E-state index contributed by atoms with van der Waals surface area (Å²) in [5, 5.41) is 33.0. The topological polar surface area (TPSA) is 108 Å². The van der Waals surface area contributed by atoms with Crippen LogP contribution in [0.1, 0.15) is 10.4 Å². The van der Waals surface area contributed by atoms with E-state index in [1.54, 1.807) is 48.5 Å². The van der Waals surface area contributed by atoms with Crippen molar-refractivity contribution < 1.29 is 29.1 Å². The van der Waals surface area contributed by atoms with Crippen molar-refractivity contribution in [2.45, 2.75) is 6.54 Å². The van der Waals surface area contributed by atoms with E-state index in [1.165, 1.54) is 33.4 Å². The molecule has 0 aliphatic carbocycles. The number of non-ortho nitro benzene ring substituents is 1. The van der Waals surface area contributed by atoms with Crippen molar-refractivity contribution in [2.24, 2.45) is 0 Å². The molecule has 0 aliphatic heterocycles. The number of aromatic hydroxyl groups is 2. The minimum atomic E-state index is -0.537. The first-order valence-corrected chi connectivity index (χ1v) is 9.09. The van der Waals surface area contributed by atoms with Crippen LogP contribution in [0.2, 0.25) is 0 Å². The van der Waals surface area contributed by atoms with Crippen LogP contribution in [0.3, 0.4) is 0 Å². The Morgan fingerprint density at radius 3 is 2.20 bits per heavy atom. The number of nitrogens with zero attached hydrogens (tertiary/aromatic N) is 3. The quantitative estimate of drug-likeness (QED) is 0.230. The zero-order chi connectivity index (χ0) is 21.3. The maximum absolute atomic E-state index is 12.9. The molecule has 4 aromatic rings. The molecule has 0 fully saturated rings. The van der Waals surface area contributed by atoms with Crippen LogP contribution in [0.25, 0.3) is 16.6 Å². The van der Waals surface area contributed by atoms with Gasteiger partial charge in [0, 0.05) is 35.9 Å². The second-order valence-electron chi connectivity index (χ2n) is 6.63. The molecule has 30 heavy (non-hydrogen) atoms. The van der Waals surface area contributed by atoms with Crippen molar-refractivity contribution in [2.75, 3.05) is 0 Å². The molecule has 0 unspecified atom stereocenters. The second kappa shape index (κ2) is 7.59. The van der Waals surface area contributed by atoms with Gasteiger partial charge in [-0.05, 0) is 22.8 Å². The van der Waals surface area contributed by atoms with Gasteiger partial charge in [-0.15, -0.1) is 0 Å². The van der Waals surface area contributed by atoms with Crippen LogP contribution in [0.15, 0.2) is 78.9 Å². The summed E-state index contributed by atoms with van der Waals surface area (Å²) in [6, 6.07) is 20.6. The number of nitro benzene ring substituents is 1. The van der Waals surface area contributed by atoms with Gasteiger partial charge in [0.2, 0.25) is 23.5 Å². The summed E-state index contributed by atoms with van der Waals surface area (Å²) in [6.07, 6.45) is 0. The fourth-order valence-electron chi connectivity index (χ4n) is 3.32. The van der Waals surface area contributed by atoms with Crippen molar-refractivity contribution in [1.82, 2.24) is 0 Å². The fourth-order valence-corrected chi connectivity index (χ4v) is 3.32. The van der Waals surface area contributed by atoms with E-state index in [-0.39, 0.29) is 35.5 Å². The van der Waals surface area contributed by atoms with Gasteiger partial charge < -0.3 is 10.2 Å². The Morgan fingerprint density at radius 1 is 0.900 bits per heavy atom. The molecule has 8 heteroatoms. The molecule has 0 amide bonds. The van der Waals surface area contributed by atoms with Gasteiger partial charge in [0.25, 0.3) is 5.69 Å². The largest absolute Gasteiger partial charge is 0.638 e. The highest BCUT2D eigenvalue weighted by Gasteiger charge is 2.36. The van der Waals surface area contributed by atoms with Gasteiger partial charge >= 0.3 is 11.9 Å². The van der Waals surface area contributed by atoms with Crippen LogP contribution in [0.5, 0.6) is 11.9 Å². The zero-order valence-electron chi connectivity index (χ0n) is 15.7. The third-order valence-corrected chi connectivity index (χ3v) is 4.81. The van der Waals surface area contributed by atoms with E-state index in [0.29, 0.717) is 16.6 Å². The predicted octanol–water partition coefficient (Wildman–Crippen LogP) is 2.61. The molecule has 0 saturated carbocycles. The maximum Gasteiger partial charge on any atom is 0.638 e. The van der Waals surface area contributed by atoms with E-state index in [1.807, 2.05) is 6.07 Å². The Kier molecular flexibility index (Phi) is 4.81. The van der Waals surface area contributed by atoms with Crippen LogP contribution >= 0.6 is 0 Å². The van der Waals surface area contributed by atoms with E-state index in [2.05, 4.69) is 0 Å². The number of carbonyl (C=O) groups is 1. The number of nitro groups is 1. The molecule has 148 valence electrons. The third kappa shape index (κ3) is 3.30. The molecule has 8 nitrogen and oxygen atoms in total. The van der Waals surface area contributed by atoms with Gasteiger partial charge in [-0.3, -0.25) is 14.9 Å². The summed E-state index contributed by atoms with van der Waals surface area (Å²) in [5.74, 6) is -0.506. The molecule has 0 saturated heterocycles. The molecule has 1 aromatic heterocycles. The zero-order valence-corrected chi connectivity index (χ0v) is 15.7. The molecule has 0 spiro atoms. The molecule has 3 aromatic carbocycles. The number of para-hydroxylation sites is 2. The van der Waals surface area contributed by atoms with Crippen LogP contribution in [0, 0.1) is 10.1 Å². The monoisotopic (exact) mass is 403 g/mol. The van der Waals surface area contributed by atoms with Crippen LogP contribution < -0.4 is 9.13 Å². The lowest BCUT2D eigenvalue weighted by Gasteiger charge is -2.05. The third-order valence-electron chi connectivity index (χ3n) is 4.81. The Hall–Kier alpha value is -4.33. The van der Waals surface area contributed by atoms with Crippen molar-refractivity contribution in [3.8, 4) is 17.6 Å². The van der Waals surface area contributed by atoms with Gasteiger partial charge in [0.15, 0.2) is 5.39 Å². The summed E-state index contributed by atoms with van der Waals surface area (Å²) in [6.45, 7) is -0.225. The first-order chi connectivity index (χ1) is 14.5. The maximum atomic E-state index is 12.9. The summed E-state index contributed by atoms with van der Waals surface area (Å²) in [4.78, 5) is 23.1. The van der Waals surface area contributed by atoms with Gasteiger partial charge in [-0.25, -0.2) is 0 Å². The van der Waals surface area contributed by atoms with Crippen molar-refractivity contribution in [1.29, 1.82) is 0 Å². The van der Waals surface area contributed by atoms with Gasteiger partial charge in [0.1, 0.15) is 0 Å². The molecular weight excluding hydrogens is 386 g/mol. The second-order valence-corrected chi connectivity index (χ2v) is 6.63. The molecule has 0 bridgehead atoms. The van der Waals surface area contributed by atoms with E-state index in [4.69, 9.17) is 0 Å². The number of ketones is 1. The van der Waals surface area contributed by atoms with Crippen molar-refractivity contribution in [3.63, 3.8) is 0 Å². The van der Waals surface area contributed by atoms with Gasteiger partial charge in [-0.1, -0.05) is 34.9 Å². The number of Topliss-reactive ketones (excluding diaryl/α,β-unsaturated/α-hetero) is 1. The number of rotatable bonds is 5. The molecule has 0 radical (unpaired) electrons. The Balaban J connectivity index is 1.84. The SMILES string of the molecule is O=C(C[n+]1c(O)[n+](-c2ccccc2)c(O)c2ccccc21)c1ccc([N+](=O)[O-])cc1. The number of hydrogen-bond donors (Lipinski definition) is 2. The number of carbonyl (C=O) groups excluding carboxylic acids is 1. The molecule has 2 N–H and O–H groups in total. The summed E-state index contributed by atoms with van der Waals surface area (Å²) in [5.41, 5.74) is 1.15. The van der Waals surface area contributed by atoms with Crippen LogP contribution in [-0.2, 0) is 6.54 Å². The number of aromatic nitrogens is 2. The minimum absolute atomic E-state index is 0.112. The minimum Gasteiger partial charge on any atom is -0.459 e. The first-order valence-electron chi connectivity index (χ1n) is 9.09. The average Bonchev–Trinajstić information content (AvgIpc) is 2.77. The molecule has 4 rings (SSSR count).